The summed E-state index contributed by atoms with van der Waals surface area (Å²) in [6.45, 7) is 1.73. The molecule has 0 radical (unpaired) electrons. The van der Waals surface area contributed by atoms with Gasteiger partial charge in [-0.3, -0.25) is 0 Å². The van der Waals surface area contributed by atoms with Gasteiger partial charge in [-0.25, -0.2) is 4.79 Å². The molecule has 0 amide bonds. The Kier molecular flexibility index (Phi) is 2.93. The number of halogens is 1. The standard InChI is InChI=1S/C9H9BrO3/c1-5-6(10)3-4-7(11)8(5)9(12)13-2/h3-4,11H,1-2H3. The van der Waals surface area contributed by atoms with Crippen LogP contribution in [0.25, 0.3) is 0 Å². The molecule has 4 heteroatoms. The fraction of sp³-hybridized carbons (Fsp3) is 0.222. The van der Waals surface area contributed by atoms with Gasteiger partial charge in [-0.2, -0.15) is 0 Å². The highest BCUT2D eigenvalue weighted by molar-refractivity contribution is 9.10. The Morgan fingerprint density at radius 1 is 1.54 bits per heavy atom. The molecule has 1 N–H and O–H groups in total. The number of aromatic hydroxyl groups is 1. The summed E-state index contributed by atoms with van der Waals surface area (Å²) in [5.74, 6) is -0.594. The van der Waals surface area contributed by atoms with Gasteiger partial charge < -0.3 is 9.84 Å². The van der Waals surface area contributed by atoms with E-state index >= 15 is 0 Å². The average Bonchev–Trinajstić information content (AvgIpc) is 2.12. The zero-order chi connectivity index (χ0) is 10.0. The Hall–Kier alpha value is -1.03. The monoisotopic (exact) mass is 244 g/mol. The number of benzene rings is 1. The molecule has 0 aliphatic carbocycles. The molecule has 0 saturated carbocycles. The lowest BCUT2D eigenvalue weighted by Gasteiger charge is -2.07. The van der Waals surface area contributed by atoms with Crippen LogP contribution in [-0.2, 0) is 4.74 Å². The maximum absolute atomic E-state index is 11.2. The third-order valence-corrected chi connectivity index (χ3v) is 2.63. The molecule has 3 nitrogen and oxygen atoms in total. The first-order valence-electron chi connectivity index (χ1n) is 3.64. The Labute approximate surface area is 84.5 Å². The van der Waals surface area contributed by atoms with Gasteiger partial charge in [-0.15, -0.1) is 0 Å². The lowest BCUT2D eigenvalue weighted by molar-refractivity contribution is 0.0596. The van der Waals surface area contributed by atoms with E-state index in [2.05, 4.69) is 20.7 Å². The zero-order valence-electron chi connectivity index (χ0n) is 7.30. The first kappa shape index (κ1) is 10.1. The van der Waals surface area contributed by atoms with Gasteiger partial charge >= 0.3 is 5.97 Å². The molecule has 13 heavy (non-hydrogen) atoms. The summed E-state index contributed by atoms with van der Waals surface area (Å²) in [5.41, 5.74) is 0.878. The van der Waals surface area contributed by atoms with Crippen LogP contribution < -0.4 is 0 Å². The second-order valence-electron chi connectivity index (χ2n) is 2.56. The molecule has 1 rings (SSSR count). The van der Waals surface area contributed by atoms with Gasteiger partial charge in [0.2, 0.25) is 0 Å². The maximum Gasteiger partial charge on any atom is 0.341 e. The highest BCUT2D eigenvalue weighted by atomic mass is 79.9. The highest BCUT2D eigenvalue weighted by Gasteiger charge is 2.15. The minimum atomic E-state index is -0.531. The second-order valence-corrected chi connectivity index (χ2v) is 3.41. The predicted molar refractivity (Wildman–Crippen MR) is 51.9 cm³/mol. The summed E-state index contributed by atoms with van der Waals surface area (Å²) in [6.07, 6.45) is 0. The van der Waals surface area contributed by atoms with Crippen molar-refractivity contribution in [3.05, 3.63) is 27.7 Å². The van der Waals surface area contributed by atoms with Crippen molar-refractivity contribution in [1.29, 1.82) is 0 Å². The number of esters is 1. The Morgan fingerprint density at radius 2 is 2.15 bits per heavy atom. The van der Waals surface area contributed by atoms with Crippen LogP contribution in [0.15, 0.2) is 16.6 Å². The molecule has 0 bridgehead atoms. The van der Waals surface area contributed by atoms with Gasteiger partial charge in [0, 0.05) is 4.47 Å². The molecular formula is C9H9BrO3. The summed E-state index contributed by atoms with van der Waals surface area (Å²) < 4.78 is 5.30. The predicted octanol–water partition coefficient (Wildman–Crippen LogP) is 2.25. The summed E-state index contributed by atoms with van der Waals surface area (Å²) in [7, 11) is 1.28. The molecule has 0 unspecified atom stereocenters. The van der Waals surface area contributed by atoms with Crippen LogP contribution in [0, 0.1) is 6.92 Å². The van der Waals surface area contributed by atoms with Crippen LogP contribution in [0.1, 0.15) is 15.9 Å². The van der Waals surface area contributed by atoms with Crippen LogP contribution >= 0.6 is 15.9 Å². The van der Waals surface area contributed by atoms with E-state index in [1.807, 2.05) is 0 Å². The second kappa shape index (κ2) is 3.79. The lowest BCUT2D eigenvalue weighted by atomic mass is 10.1. The summed E-state index contributed by atoms with van der Waals surface area (Å²) in [4.78, 5) is 11.2. The van der Waals surface area contributed by atoms with Crippen molar-refractivity contribution < 1.29 is 14.6 Å². The fourth-order valence-corrected chi connectivity index (χ4v) is 1.36. The van der Waals surface area contributed by atoms with Gasteiger partial charge in [0.15, 0.2) is 0 Å². The summed E-state index contributed by atoms with van der Waals surface area (Å²) in [5, 5.41) is 9.40. The molecule has 0 spiro atoms. The van der Waals surface area contributed by atoms with E-state index in [4.69, 9.17) is 0 Å². The molecule has 0 aliphatic rings. The van der Waals surface area contributed by atoms with Crippen LogP contribution in [0.3, 0.4) is 0 Å². The minimum absolute atomic E-state index is 0.0625. The van der Waals surface area contributed by atoms with E-state index < -0.39 is 5.97 Å². The smallest absolute Gasteiger partial charge is 0.341 e. The lowest BCUT2D eigenvalue weighted by Crippen LogP contribution is -2.04. The largest absolute Gasteiger partial charge is 0.507 e. The van der Waals surface area contributed by atoms with E-state index in [0.29, 0.717) is 5.56 Å². The van der Waals surface area contributed by atoms with Crippen molar-refractivity contribution in [3.8, 4) is 5.75 Å². The zero-order valence-corrected chi connectivity index (χ0v) is 8.88. The molecular weight excluding hydrogens is 236 g/mol. The number of hydrogen-bond donors (Lipinski definition) is 1. The number of ether oxygens (including phenoxy) is 1. The molecule has 70 valence electrons. The van der Waals surface area contributed by atoms with Crippen LogP contribution in [-0.4, -0.2) is 18.2 Å². The minimum Gasteiger partial charge on any atom is -0.507 e. The Bertz CT molecular complexity index is 347. The van der Waals surface area contributed by atoms with E-state index in [-0.39, 0.29) is 11.3 Å². The number of carbonyl (C=O) groups excluding carboxylic acids is 1. The third kappa shape index (κ3) is 1.83. The molecule has 0 fully saturated rings. The van der Waals surface area contributed by atoms with Gasteiger partial charge in [-0.05, 0) is 24.6 Å². The summed E-state index contributed by atoms with van der Waals surface area (Å²) in [6, 6.07) is 3.13. The average molecular weight is 245 g/mol. The first-order chi connectivity index (χ1) is 6.07. The molecule has 0 aliphatic heterocycles. The maximum atomic E-state index is 11.2. The molecule has 0 atom stereocenters. The van der Waals surface area contributed by atoms with Crippen molar-refractivity contribution in [2.45, 2.75) is 6.92 Å². The normalized spacial score (nSPS) is 9.77. The van der Waals surface area contributed by atoms with Gasteiger partial charge in [0.1, 0.15) is 11.3 Å². The van der Waals surface area contributed by atoms with Crippen molar-refractivity contribution in [2.24, 2.45) is 0 Å². The number of carbonyl (C=O) groups is 1. The van der Waals surface area contributed by atoms with E-state index in [1.54, 1.807) is 13.0 Å². The summed E-state index contributed by atoms with van der Waals surface area (Å²) >= 11 is 3.26. The number of rotatable bonds is 1. The quantitative estimate of drug-likeness (QED) is 0.772. The fourth-order valence-electron chi connectivity index (χ4n) is 1.03. The Balaban J connectivity index is 3.33. The molecule has 0 aromatic heterocycles. The molecule has 0 saturated heterocycles. The van der Waals surface area contributed by atoms with Crippen molar-refractivity contribution in [2.75, 3.05) is 7.11 Å². The van der Waals surface area contributed by atoms with Crippen LogP contribution in [0.2, 0.25) is 0 Å². The van der Waals surface area contributed by atoms with Crippen LogP contribution in [0.4, 0.5) is 0 Å². The van der Waals surface area contributed by atoms with E-state index in [9.17, 15) is 9.90 Å². The first-order valence-corrected chi connectivity index (χ1v) is 4.43. The molecule has 0 heterocycles. The van der Waals surface area contributed by atoms with E-state index in [1.165, 1.54) is 13.2 Å². The molecule has 1 aromatic carbocycles. The highest BCUT2D eigenvalue weighted by Crippen LogP contribution is 2.27. The third-order valence-electron chi connectivity index (χ3n) is 1.77. The van der Waals surface area contributed by atoms with Crippen LogP contribution in [0.5, 0.6) is 5.75 Å². The van der Waals surface area contributed by atoms with Crippen molar-refractivity contribution in [1.82, 2.24) is 0 Å². The van der Waals surface area contributed by atoms with Gasteiger partial charge in [0.25, 0.3) is 0 Å². The topological polar surface area (TPSA) is 46.5 Å². The Morgan fingerprint density at radius 3 is 2.69 bits per heavy atom. The van der Waals surface area contributed by atoms with Gasteiger partial charge in [0.05, 0.1) is 7.11 Å². The molecule has 1 aromatic rings. The number of methoxy groups -OCH3 is 1. The van der Waals surface area contributed by atoms with Gasteiger partial charge in [-0.1, -0.05) is 15.9 Å². The van der Waals surface area contributed by atoms with Crippen molar-refractivity contribution in [3.63, 3.8) is 0 Å². The van der Waals surface area contributed by atoms with Crippen molar-refractivity contribution >= 4 is 21.9 Å². The number of hydrogen-bond acceptors (Lipinski definition) is 3. The number of phenols is 1. The number of phenolic OH excluding ortho intramolecular Hbond substituents is 1. The SMILES string of the molecule is COC(=O)c1c(O)ccc(Br)c1C. The van der Waals surface area contributed by atoms with E-state index in [0.717, 1.165) is 4.47 Å².